The van der Waals surface area contributed by atoms with Crippen molar-refractivity contribution in [2.75, 3.05) is 12.3 Å². The number of hydrogen-bond donors (Lipinski definition) is 3. The van der Waals surface area contributed by atoms with E-state index in [1.807, 2.05) is 45.9 Å². The topological polar surface area (TPSA) is 95.5 Å². The highest BCUT2D eigenvalue weighted by molar-refractivity contribution is 8.00. The normalized spacial score (nSPS) is 11.9. The predicted molar refractivity (Wildman–Crippen MR) is 98.7 cm³/mol. The summed E-state index contributed by atoms with van der Waals surface area (Å²) in [6, 6.07) is 5.10. The number of benzene rings is 1. The third-order valence-corrected chi connectivity index (χ3v) is 4.65. The van der Waals surface area contributed by atoms with Crippen molar-refractivity contribution in [3.05, 3.63) is 29.3 Å². The Hall–Kier alpha value is -2.02. The van der Waals surface area contributed by atoms with E-state index in [4.69, 9.17) is 5.11 Å². The molecule has 0 spiro atoms. The Kier molecular flexibility index (Phi) is 8.48. The molecule has 0 radical (unpaired) electrons. The highest BCUT2D eigenvalue weighted by Gasteiger charge is 2.21. The average Bonchev–Trinajstić information content (AvgIpc) is 2.52. The number of carbonyl (C=O) groups excluding carboxylic acids is 2. The number of aryl methyl sites for hydroxylation is 2. The van der Waals surface area contributed by atoms with Gasteiger partial charge in [0.1, 0.15) is 6.04 Å². The van der Waals surface area contributed by atoms with E-state index >= 15 is 0 Å². The molecule has 1 aromatic rings. The minimum atomic E-state index is -1.07. The first-order valence-electron chi connectivity index (χ1n) is 8.18. The summed E-state index contributed by atoms with van der Waals surface area (Å²) in [5, 5.41) is 14.1. The molecule has 0 saturated heterocycles. The van der Waals surface area contributed by atoms with E-state index in [1.54, 1.807) is 0 Å². The van der Waals surface area contributed by atoms with Crippen LogP contribution in [-0.4, -0.2) is 41.2 Å². The van der Waals surface area contributed by atoms with E-state index in [0.29, 0.717) is 6.42 Å². The molecule has 2 amide bonds. The number of hydrogen-bond acceptors (Lipinski definition) is 4. The summed E-state index contributed by atoms with van der Waals surface area (Å²) in [5.41, 5.74) is 2.22. The zero-order chi connectivity index (χ0) is 19.0. The summed E-state index contributed by atoms with van der Waals surface area (Å²) >= 11 is 1.41. The lowest BCUT2D eigenvalue weighted by molar-refractivity contribution is -0.142. The molecular weight excluding hydrogens is 340 g/mol. The molecule has 138 valence electrons. The van der Waals surface area contributed by atoms with Gasteiger partial charge in [-0.1, -0.05) is 31.5 Å². The van der Waals surface area contributed by atoms with Crippen molar-refractivity contribution < 1.29 is 19.5 Å². The fraction of sp³-hybridized carbons (Fsp3) is 0.500. The standard InChI is InChI=1S/C18H26N2O4S/c1-11(2)7-14(18(23)24)20-16(21)9-19-17(22)10-25-15-8-12(3)5-6-13(15)4/h5-6,8,11,14H,7,9-10H2,1-4H3,(H,19,22)(H,20,21)(H,23,24)/t14-/m0/s1. The van der Waals surface area contributed by atoms with Crippen molar-refractivity contribution in [1.82, 2.24) is 10.6 Å². The van der Waals surface area contributed by atoms with Gasteiger partial charge in [-0.15, -0.1) is 11.8 Å². The van der Waals surface area contributed by atoms with E-state index in [1.165, 1.54) is 11.8 Å². The first-order valence-corrected chi connectivity index (χ1v) is 9.16. The zero-order valence-electron chi connectivity index (χ0n) is 15.1. The molecule has 0 aromatic heterocycles. The SMILES string of the molecule is Cc1ccc(C)c(SCC(=O)NCC(=O)N[C@@H](CC(C)C)C(=O)O)c1. The first-order chi connectivity index (χ1) is 11.7. The molecule has 0 bridgehead atoms. The van der Waals surface area contributed by atoms with E-state index in [0.717, 1.165) is 16.0 Å². The summed E-state index contributed by atoms with van der Waals surface area (Å²) in [4.78, 5) is 35.9. The monoisotopic (exact) mass is 366 g/mol. The predicted octanol–water partition coefficient (Wildman–Crippen LogP) is 2.13. The lowest BCUT2D eigenvalue weighted by atomic mass is 10.0. The first kappa shape index (κ1) is 21.0. The van der Waals surface area contributed by atoms with Crippen molar-refractivity contribution in [3.8, 4) is 0 Å². The second-order valence-electron chi connectivity index (χ2n) is 6.42. The Bertz CT molecular complexity index is 632. The molecule has 7 heteroatoms. The molecule has 0 saturated carbocycles. The molecule has 0 heterocycles. The molecule has 0 fully saturated rings. The lowest BCUT2D eigenvalue weighted by Gasteiger charge is -2.16. The smallest absolute Gasteiger partial charge is 0.326 e. The second-order valence-corrected chi connectivity index (χ2v) is 7.44. The molecule has 0 aliphatic heterocycles. The fourth-order valence-electron chi connectivity index (χ4n) is 2.17. The number of rotatable bonds is 9. The van der Waals surface area contributed by atoms with Crippen LogP contribution < -0.4 is 10.6 Å². The minimum Gasteiger partial charge on any atom is -0.480 e. The third kappa shape index (κ3) is 8.07. The molecule has 1 rings (SSSR count). The fourth-order valence-corrected chi connectivity index (χ4v) is 3.13. The van der Waals surface area contributed by atoms with Gasteiger partial charge in [-0.05, 0) is 37.8 Å². The molecule has 25 heavy (non-hydrogen) atoms. The van der Waals surface area contributed by atoms with Gasteiger partial charge in [-0.3, -0.25) is 9.59 Å². The Morgan fingerprint density at radius 2 is 1.84 bits per heavy atom. The lowest BCUT2D eigenvalue weighted by Crippen LogP contribution is -2.46. The van der Waals surface area contributed by atoms with Crippen LogP contribution in [-0.2, 0) is 14.4 Å². The van der Waals surface area contributed by atoms with Crippen molar-refractivity contribution in [2.45, 2.75) is 45.1 Å². The van der Waals surface area contributed by atoms with Gasteiger partial charge in [-0.25, -0.2) is 4.79 Å². The van der Waals surface area contributed by atoms with Gasteiger partial charge in [0.25, 0.3) is 0 Å². The Morgan fingerprint density at radius 3 is 2.44 bits per heavy atom. The number of amides is 2. The molecule has 6 nitrogen and oxygen atoms in total. The maximum atomic E-state index is 11.9. The Labute approximate surface area is 152 Å². The summed E-state index contributed by atoms with van der Waals surface area (Å²) < 4.78 is 0. The maximum absolute atomic E-state index is 11.9. The largest absolute Gasteiger partial charge is 0.480 e. The number of carbonyl (C=O) groups is 3. The number of thioether (sulfide) groups is 1. The molecule has 0 aliphatic carbocycles. The highest BCUT2D eigenvalue weighted by Crippen LogP contribution is 2.23. The van der Waals surface area contributed by atoms with Crippen LogP contribution in [0.3, 0.4) is 0 Å². The average molecular weight is 366 g/mol. The van der Waals surface area contributed by atoms with Crippen LogP contribution in [0.1, 0.15) is 31.4 Å². The number of nitrogens with one attached hydrogen (secondary N) is 2. The molecule has 0 aliphatic rings. The number of aliphatic carboxylic acids is 1. The van der Waals surface area contributed by atoms with Crippen LogP contribution in [0.15, 0.2) is 23.1 Å². The van der Waals surface area contributed by atoms with Crippen molar-refractivity contribution in [2.24, 2.45) is 5.92 Å². The molecule has 1 aromatic carbocycles. The van der Waals surface area contributed by atoms with Crippen LogP contribution in [0.2, 0.25) is 0 Å². The van der Waals surface area contributed by atoms with Crippen molar-refractivity contribution in [1.29, 1.82) is 0 Å². The van der Waals surface area contributed by atoms with Gasteiger partial charge < -0.3 is 15.7 Å². The van der Waals surface area contributed by atoms with Gasteiger partial charge >= 0.3 is 5.97 Å². The summed E-state index contributed by atoms with van der Waals surface area (Å²) in [6.07, 6.45) is 0.345. The van der Waals surface area contributed by atoms with E-state index in [9.17, 15) is 14.4 Å². The number of carboxylic acid groups (broad SMARTS) is 1. The van der Waals surface area contributed by atoms with Gasteiger partial charge in [0.15, 0.2) is 0 Å². The Morgan fingerprint density at radius 1 is 1.16 bits per heavy atom. The third-order valence-electron chi connectivity index (χ3n) is 3.49. The van der Waals surface area contributed by atoms with Gasteiger partial charge in [-0.2, -0.15) is 0 Å². The van der Waals surface area contributed by atoms with Gasteiger partial charge in [0.05, 0.1) is 12.3 Å². The van der Waals surface area contributed by atoms with Crippen LogP contribution in [0, 0.1) is 19.8 Å². The van der Waals surface area contributed by atoms with Crippen LogP contribution >= 0.6 is 11.8 Å². The van der Waals surface area contributed by atoms with Crippen molar-refractivity contribution >= 4 is 29.5 Å². The summed E-state index contributed by atoms with van der Waals surface area (Å²) in [5.74, 6) is -1.50. The maximum Gasteiger partial charge on any atom is 0.326 e. The summed E-state index contributed by atoms with van der Waals surface area (Å²) in [6.45, 7) is 7.51. The quantitative estimate of drug-likeness (QED) is 0.582. The van der Waals surface area contributed by atoms with E-state index < -0.39 is 17.9 Å². The van der Waals surface area contributed by atoms with Crippen molar-refractivity contribution in [3.63, 3.8) is 0 Å². The molecule has 3 N–H and O–H groups in total. The molecular formula is C18H26N2O4S. The van der Waals surface area contributed by atoms with Crippen LogP contribution in [0.4, 0.5) is 0 Å². The van der Waals surface area contributed by atoms with Crippen LogP contribution in [0.5, 0.6) is 0 Å². The second kappa shape index (κ2) is 10.1. The summed E-state index contributed by atoms with van der Waals surface area (Å²) in [7, 11) is 0. The van der Waals surface area contributed by atoms with E-state index in [-0.39, 0.29) is 24.1 Å². The molecule has 1 atom stereocenters. The minimum absolute atomic E-state index is 0.143. The van der Waals surface area contributed by atoms with Gasteiger partial charge in [0, 0.05) is 4.90 Å². The number of carboxylic acids is 1. The highest BCUT2D eigenvalue weighted by atomic mass is 32.2. The van der Waals surface area contributed by atoms with Gasteiger partial charge in [0.2, 0.25) is 11.8 Å². The van der Waals surface area contributed by atoms with E-state index in [2.05, 4.69) is 10.6 Å². The zero-order valence-corrected chi connectivity index (χ0v) is 15.9. The Balaban J connectivity index is 2.41. The van der Waals surface area contributed by atoms with Crippen LogP contribution in [0.25, 0.3) is 0 Å². The molecule has 0 unspecified atom stereocenters.